The number of nitrogens with two attached hydrogens (primary N) is 1. The molecule has 1 aromatic heterocycles. The highest BCUT2D eigenvalue weighted by Crippen LogP contribution is 2.13. The average molecular weight is 250 g/mol. The number of carbonyl (C=O) groups excluding carboxylic acids is 1. The summed E-state index contributed by atoms with van der Waals surface area (Å²) in [5.41, 5.74) is 6.83. The van der Waals surface area contributed by atoms with Gasteiger partial charge in [0.15, 0.2) is 0 Å². The minimum atomic E-state index is -0.495. The molecule has 0 aliphatic carbocycles. The molecule has 2 unspecified atom stereocenters. The summed E-state index contributed by atoms with van der Waals surface area (Å²) in [6, 6.07) is 3.18. The molecule has 100 valence electrons. The standard InChI is InChI=1S/C13H22N4O/c1-5-9(2)12(14)13(18)16-11-7-6-10(8-15-11)17(3)4/h6-9,12H,5,14H2,1-4H3,(H,15,16,18). The molecule has 0 aliphatic heterocycles. The first-order chi connectivity index (χ1) is 8.45. The smallest absolute Gasteiger partial charge is 0.242 e. The van der Waals surface area contributed by atoms with E-state index in [0.717, 1.165) is 12.1 Å². The third-order valence-corrected chi connectivity index (χ3v) is 3.08. The quantitative estimate of drug-likeness (QED) is 0.830. The fourth-order valence-corrected chi connectivity index (χ4v) is 1.45. The van der Waals surface area contributed by atoms with Crippen LogP contribution in [-0.2, 0) is 4.79 Å². The Hall–Kier alpha value is -1.62. The molecule has 1 aromatic rings. The van der Waals surface area contributed by atoms with Gasteiger partial charge in [-0.2, -0.15) is 0 Å². The van der Waals surface area contributed by atoms with Crippen molar-refractivity contribution in [3.05, 3.63) is 18.3 Å². The predicted molar refractivity (Wildman–Crippen MR) is 74.6 cm³/mol. The fraction of sp³-hybridized carbons (Fsp3) is 0.538. The maximum atomic E-state index is 11.8. The van der Waals surface area contributed by atoms with Crippen LogP contribution < -0.4 is 16.0 Å². The molecule has 0 saturated carbocycles. The molecule has 0 saturated heterocycles. The van der Waals surface area contributed by atoms with E-state index in [4.69, 9.17) is 5.73 Å². The van der Waals surface area contributed by atoms with Crippen molar-refractivity contribution in [1.82, 2.24) is 4.98 Å². The van der Waals surface area contributed by atoms with Gasteiger partial charge < -0.3 is 16.0 Å². The highest BCUT2D eigenvalue weighted by atomic mass is 16.2. The number of anilines is 2. The number of nitrogens with zero attached hydrogens (tertiary/aromatic N) is 2. The van der Waals surface area contributed by atoms with E-state index < -0.39 is 6.04 Å². The average Bonchev–Trinajstić information content (AvgIpc) is 2.37. The van der Waals surface area contributed by atoms with Crippen LogP contribution in [0.4, 0.5) is 11.5 Å². The molecule has 1 heterocycles. The summed E-state index contributed by atoms with van der Waals surface area (Å²) in [7, 11) is 3.88. The van der Waals surface area contributed by atoms with Gasteiger partial charge in [0, 0.05) is 14.1 Å². The summed E-state index contributed by atoms with van der Waals surface area (Å²) in [5.74, 6) is 0.504. The number of pyridine rings is 1. The van der Waals surface area contributed by atoms with Crippen molar-refractivity contribution in [2.75, 3.05) is 24.3 Å². The van der Waals surface area contributed by atoms with E-state index in [0.29, 0.717) is 5.82 Å². The zero-order chi connectivity index (χ0) is 13.7. The van der Waals surface area contributed by atoms with Crippen LogP contribution in [0.5, 0.6) is 0 Å². The summed E-state index contributed by atoms with van der Waals surface area (Å²) in [4.78, 5) is 18.0. The van der Waals surface area contributed by atoms with Crippen molar-refractivity contribution in [3.63, 3.8) is 0 Å². The Morgan fingerprint density at radius 3 is 2.61 bits per heavy atom. The van der Waals surface area contributed by atoms with E-state index in [-0.39, 0.29) is 11.8 Å². The number of rotatable bonds is 5. The van der Waals surface area contributed by atoms with Gasteiger partial charge in [-0.3, -0.25) is 4.79 Å². The number of hydrogen-bond acceptors (Lipinski definition) is 4. The van der Waals surface area contributed by atoms with E-state index in [1.807, 2.05) is 38.9 Å². The highest BCUT2D eigenvalue weighted by Gasteiger charge is 2.19. The van der Waals surface area contributed by atoms with E-state index >= 15 is 0 Å². The first kappa shape index (κ1) is 14.4. The van der Waals surface area contributed by atoms with Crippen molar-refractivity contribution in [1.29, 1.82) is 0 Å². The molecular formula is C13H22N4O. The van der Waals surface area contributed by atoms with Gasteiger partial charge >= 0.3 is 0 Å². The van der Waals surface area contributed by atoms with Crippen LogP contribution in [0.3, 0.4) is 0 Å². The maximum absolute atomic E-state index is 11.8. The van der Waals surface area contributed by atoms with Crippen LogP contribution in [0.2, 0.25) is 0 Å². The van der Waals surface area contributed by atoms with Crippen molar-refractivity contribution in [3.8, 4) is 0 Å². The van der Waals surface area contributed by atoms with Crippen LogP contribution in [-0.4, -0.2) is 31.0 Å². The van der Waals surface area contributed by atoms with Crippen LogP contribution in [0.25, 0.3) is 0 Å². The van der Waals surface area contributed by atoms with Gasteiger partial charge in [-0.15, -0.1) is 0 Å². The molecule has 1 rings (SSSR count). The molecule has 0 spiro atoms. The van der Waals surface area contributed by atoms with Crippen LogP contribution in [0.1, 0.15) is 20.3 Å². The second-order valence-electron chi connectivity index (χ2n) is 4.70. The lowest BCUT2D eigenvalue weighted by molar-refractivity contribution is -0.118. The molecule has 18 heavy (non-hydrogen) atoms. The molecule has 5 heteroatoms. The normalized spacial score (nSPS) is 13.8. The van der Waals surface area contributed by atoms with Crippen LogP contribution in [0, 0.1) is 5.92 Å². The minimum Gasteiger partial charge on any atom is -0.376 e. The summed E-state index contributed by atoms with van der Waals surface area (Å²) in [5, 5.41) is 2.73. The van der Waals surface area contributed by atoms with Crippen LogP contribution >= 0.6 is 0 Å². The van der Waals surface area contributed by atoms with E-state index in [9.17, 15) is 4.79 Å². The highest BCUT2D eigenvalue weighted by molar-refractivity contribution is 5.94. The Labute approximate surface area is 108 Å². The van der Waals surface area contributed by atoms with Crippen molar-refractivity contribution in [2.24, 2.45) is 11.7 Å². The maximum Gasteiger partial charge on any atom is 0.242 e. The SMILES string of the molecule is CCC(C)C(N)C(=O)Nc1ccc(N(C)C)cn1. The monoisotopic (exact) mass is 250 g/mol. The lowest BCUT2D eigenvalue weighted by Crippen LogP contribution is -2.40. The van der Waals surface area contributed by atoms with Gasteiger partial charge in [-0.1, -0.05) is 20.3 Å². The topological polar surface area (TPSA) is 71.2 Å². The summed E-state index contributed by atoms with van der Waals surface area (Å²) >= 11 is 0. The summed E-state index contributed by atoms with van der Waals surface area (Å²) in [6.45, 7) is 3.98. The van der Waals surface area contributed by atoms with Crippen LogP contribution in [0.15, 0.2) is 18.3 Å². The van der Waals surface area contributed by atoms with E-state index in [2.05, 4.69) is 10.3 Å². The Morgan fingerprint density at radius 2 is 2.17 bits per heavy atom. The number of nitrogens with one attached hydrogen (secondary N) is 1. The third kappa shape index (κ3) is 3.70. The van der Waals surface area contributed by atoms with Crippen molar-refractivity contribution in [2.45, 2.75) is 26.3 Å². The predicted octanol–water partition coefficient (Wildman–Crippen LogP) is 1.46. The molecular weight excluding hydrogens is 228 g/mol. The molecule has 0 aliphatic rings. The first-order valence-electron chi connectivity index (χ1n) is 6.15. The lowest BCUT2D eigenvalue weighted by atomic mass is 9.99. The lowest BCUT2D eigenvalue weighted by Gasteiger charge is -2.17. The number of amides is 1. The Morgan fingerprint density at radius 1 is 1.50 bits per heavy atom. The zero-order valence-corrected chi connectivity index (χ0v) is 11.5. The zero-order valence-electron chi connectivity index (χ0n) is 11.5. The Balaban J connectivity index is 2.65. The Kier molecular flexibility index (Phi) is 5.09. The number of hydrogen-bond donors (Lipinski definition) is 2. The molecule has 0 aromatic carbocycles. The largest absolute Gasteiger partial charge is 0.376 e. The van der Waals surface area contributed by atoms with Gasteiger partial charge in [0.25, 0.3) is 0 Å². The van der Waals surface area contributed by atoms with Gasteiger partial charge in [0.1, 0.15) is 5.82 Å². The fourth-order valence-electron chi connectivity index (χ4n) is 1.45. The molecule has 0 fully saturated rings. The van der Waals surface area contributed by atoms with Gasteiger partial charge in [-0.25, -0.2) is 4.98 Å². The van der Waals surface area contributed by atoms with Gasteiger partial charge in [0.2, 0.25) is 5.91 Å². The summed E-state index contributed by atoms with van der Waals surface area (Å²) < 4.78 is 0. The molecule has 2 atom stereocenters. The van der Waals surface area contributed by atoms with Crippen molar-refractivity contribution < 1.29 is 4.79 Å². The molecule has 1 amide bonds. The third-order valence-electron chi connectivity index (χ3n) is 3.08. The second kappa shape index (κ2) is 6.35. The number of carbonyl (C=O) groups is 1. The van der Waals surface area contributed by atoms with E-state index in [1.165, 1.54) is 0 Å². The molecule has 0 bridgehead atoms. The summed E-state index contributed by atoms with van der Waals surface area (Å²) in [6.07, 6.45) is 2.59. The minimum absolute atomic E-state index is 0.158. The van der Waals surface area contributed by atoms with Gasteiger partial charge in [0.05, 0.1) is 17.9 Å². The first-order valence-corrected chi connectivity index (χ1v) is 6.15. The van der Waals surface area contributed by atoms with Gasteiger partial charge in [-0.05, 0) is 18.1 Å². The van der Waals surface area contributed by atoms with E-state index in [1.54, 1.807) is 12.3 Å². The molecule has 3 N–H and O–H groups in total. The molecule has 0 radical (unpaired) electrons. The Bertz CT molecular complexity index is 388. The second-order valence-corrected chi connectivity index (χ2v) is 4.70. The number of aromatic nitrogens is 1. The van der Waals surface area contributed by atoms with Crippen molar-refractivity contribution >= 4 is 17.4 Å². The molecule has 5 nitrogen and oxygen atoms in total.